The van der Waals surface area contributed by atoms with Crippen LogP contribution < -0.4 is 15.4 Å². The van der Waals surface area contributed by atoms with Crippen molar-refractivity contribution in [2.75, 3.05) is 5.32 Å². The van der Waals surface area contributed by atoms with E-state index in [4.69, 9.17) is 0 Å². The normalized spacial score (nSPS) is 15.7. The van der Waals surface area contributed by atoms with Crippen LogP contribution in [-0.2, 0) is 9.59 Å². The molecule has 0 saturated heterocycles. The summed E-state index contributed by atoms with van der Waals surface area (Å²) in [5.74, 6) is -0.961. The molecule has 1 aromatic heterocycles. The maximum atomic E-state index is 12.2. The second-order valence-electron chi connectivity index (χ2n) is 5.69. The van der Waals surface area contributed by atoms with E-state index < -0.39 is 18.3 Å². The first-order valence-electron chi connectivity index (χ1n) is 7.49. The number of ether oxygens (including phenoxy) is 1. The van der Waals surface area contributed by atoms with Gasteiger partial charge in [0.15, 0.2) is 5.13 Å². The largest absolute Gasteiger partial charge is 0.573 e. The summed E-state index contributed by atoms with van der Waals surface area (Å²) in [7, 11) is 0. The number of nitrogens with one attached hydrogen (secondary N) is 2. The lowest BCUT2D eigenvalue weighted by atomic mass is 10.3. The summed E-state index contributed by atoms with van der Waals surface area (Å²) in [6, 6.07) is 3.00. The molecule has 2 N–H and O–H groups in total. The minimum Gasteiger partial charge on any atom is -0.406 e. The van der Waals surface area contributed by atoms with E-state index in [1.165, 1.54) is 12.1 Å². The van der Waals surface area contributed by atoms with Crippen LogP contribution in [0.3, 0.4) is 0 Å². The molecule has 6 nitrogen and oxygen atoms in total. The zero-order chi connectivity index (χ0) is 18.2. The van der Waals surface area contributed by atoms with Crippen LogP contribution in [0.5, 0.6) is 5.75 Å². The van der Waals surface area contributed by atoms with E-state index in [0.29, 0.717) is 10.2 Å². The first kappa shape index (κ1) is 17.5. The molecule has 2 amide bonds. The number of anilines is 1. The van der Waals surface area contributed by atoms with Crippen molar-refractivity contribution in [2.24, 2.45) is 5.92 Å². The fourth-order valence-corrected chi connectivity index (χ4v) is 3.01. The van der Waals surface area contributed by atoms with Crippen LogP contribution in [0.15, 0.2) is 18.2 Å². The number of thiazole rings is 1. The van der Waals surface area contributed by atoms with Gasteiger partial charge in [0.05, 0.1) is 10.2 Å². The van der Waals surface area contributed by atoms with Crippen LogP contribution in [0, 0.1) is 5.92 Å². The Balaban J connectivity index is 1.66. The van der Waals surface area contributed by atoms with Gasteiger partial charge in [0.2, 0.25) is 11.8 Å². The summed E-state index contributed by atoms with van der Waals surface area (Å²) in [6.07, 6.45) is -3.11. The standard InChI is InChI=1S/C15H14F3N3O3S/c1-7(19-13(23)8-2-3-8)12(22)21-14-20-10-5-4-9(6-11(10)25-14)24-15(16,17)18/h4-8H,2-3H2,1H3,(H,19,23)(H,20,21,22). The molecule has 0 aliphatic heterocycles. The van der Waals surface area contributed by atoms with Gasteiger partial charge in [-0.25, -0.2) is 4.98 Å². The predicted octanol–water partition coefficient (Wildman–Crippen LogP) is 3.05. The van der Waals surface area contributed by atoms with E-state index in [0.717, 1.165) is 30.2 Å². The second-order valence-corrected chi connectivity index (χ2v) is 6.72. The van der Waals surface area contributed by atoms with Gasteiger partial charge in [-0.2, -0.15) is 0 Å². The van der Waals surface area contributed by atoms with Crippen molar-refractivity contribution in [3.8, 4) is 5.75 Å². The summed E-state index contributed by atoms with van der Waals surface area (Å²) in [4.78, 5) is 27.9. The van der Waals surface area contributed by atoms with Crippen LogP contribution in [0.25, 0.3) is 10.2 Å². The van der Waals surface area contributed by atoms with Crippen LogP contribution in [-0.4, -0.2) is 29.2 Å². The number of amides is 2. The summed E-state index contributed by atoms with van der Waals surface area (Å²) in [6.45, 7) is 1.55. The molecule has 0 bridgehead atoms. The lowest BCUT2D eigenvalue weighted by Gasteiger charge is -2.12. The Hall–Kier alpha value is -2.36. The lowest BCUT2D eigenvalue weighted by Crippen LogP contribution is -2.42. The molecule has 1 fully saturated rings. The van der Waals surface area contributed by atoms with E-state index >= 15 is 0 Å². The van der Waals surface area contributed by atoms with Gasteiger partial charge < -0.3 is 15.4 Å². The Morgan fingerprint density at radius 2 is 2.08 bits per heavy atom. The summed E-state index contributed by atoms with van der Waals surface area (Å²) in [5, 5.41) is 5.40. The van der Waals surface area contributed by atoms with E-state index in [1.807, 2.05) is 0 Å². The topological polar surface area (TPSA) is 80.3 Å². The number of hydrogen-bond donors (Lipinski definition) is 2. The Morgan fingerprint density at radius 3 is 2.72 bits per heavy atom. The molecule has 1 atom stereocenters. The number of fused-ring (bicyclic) bond motifs is 1. The highest BCUT2D eigenvalue weighted by molar-refractivity contribution is 7.22. The average molecular weight is 373 g/mol. The molecular formula is C15H14F3N3O3S. The average Bonchev–Trinajstić information content (AvgIpc) is 3.27. The monoisotopic (exact) mass is 373 g/mol. The number of carbonyl (C=O) groups excluding carboxylic acids is 2. The maximum absolute atomic E-state index is 12.2. The van der Waals surface area contributed by atoms with Crippen molar-refractivity contribution in [1.29, 1.82) is 0 Å². The molecule has 3 rings (SSSR count). The van der Waals surface area contributed by atoms with Gasteiger partial charge in [0.1, 0.15) is 11.8 Å². The van der Waals surface area contributed by atoms with Crippen molar-refractivity contribution >= 4 is 38.5 Å². The molecule has 1 heterocycles. The maximum Gasteiger partial charge on any atom is 0.573 e. The van der Waals surface area contributed by atoms with Gasteiger partial charge in [-0.1, -0.05) is 11.3 Å². The molecule has 1 aromatic carbocycles. The number of benzene rings is 1. The molecule has 10 heteroatoms. The number of nitrogens with zero attached hydrogens (tertiary/aromatic N) is 1. The van der Waals surface area contributed by atoms with Crippen LogP contribution in [0.4, 0.5) is 18.3 Å². The highest BCUT2D eigenvalue weighted by Gasteiger charge is 2.32. The molecule has 1 aliphatic rings. The molecule has 1 saturated carbocycles. The number of halogens is 3. The van der Waals surface area contributed by atoms with Gasteiger partial charge in [-0.15, -0.1) is 13.2 Å². The van der Waals surface area contributed by atoms with Gasteiger partial charge >= 0.3 is 6.36 Å². The minimum absolute atomic E-state index is 0.00949. The van der Waals surface area contributed by atoms with Crippen LogP contribution >= 0.6 is 11.3 Å². The molecule has 1 aliphatic carbocycles. The Kier molecular flexibility index (Phi) is 4.55. The summed E-state index contributed by atoms with van der Waals surface area (Å²) >= 11 is 1.02. The fraction of sp³-hybridized carbons (Fsp3) is 0.400. The molecular weight excluding hydrogens is 359 g/mol. The minimum atomic E-state index is -4.77. The van der Waals surface area contributed by atoms with Gasteiger partial charge in [-0.05, 0) is 31.9 Å². The third-order valence-electron chi connectivity index (χ3n) is 3.52. The molecule has 134 valence electrons. The zero-order valence-corrected chi connectivity index (χ0v) is 13.8. The Morgan fingerprint density at radius 1 is 1.36 bits per heavy atom. The number of rotatable bonds is 5. The van der Waals surface area contributed by atoms with E-state index in [2.05, 4.69) is 20.4 Å². The number of alkyl halides is 3. The molecule has 0 radical (unpaired) electrons. The summed E-state index contributed by atoms with van der Waals surface area (Å²) < 4.78 is 41.0. The number of aromatic nitrogens is 1. The number of carbonyl (C=O) groups is 2. The van der Waals surface area contributed by atoms with Crippen molar-refractivity contribution < 1.29 is 27.5 Å². The van der Waals surface area contributed by atoms with Gasteiger partial charge in [0.25, 0.3) is 0 Å². The predicted molar refractivity (Wildman–Crippen MR) is 85.3 cm³/mol. The van der Waals surface area contributed by atoms with E-state index in [9.17, 15) is 22.8 Å². The Labute approximate surface area is 144 Å². The smallest absolute Gasteiger partial charge is 0.406 e. The molecule has 1 unspecified atom stereocenters. The first-order chi connectivity index (χ1) is 11.7. The van der Waals surface area contributed by atoms with E-state index in [-0.39, 0.29) is 22.7 Å². The Bertz CT molecular complexity index is 817. The van der Waals surface area contributed by atoms with Crippen molar-refractivity contribution in [3.05, 3.63) is 18.2 Å². The molecule has 25 heavy (non-hydrogen) atoms. The van der Waals surface area contributed by atoms with Crippen LogP contribution in [0.1, 0.15) is 19.8 Å². The van der Waals surface area contributed by atoms with Gasteiger partial charge in [0, 0.05) is 12.0 Å². The summed E-state index contributed by atoms with van der Waals surface area (Å²) in [5.41, 5.74) is 0.435. The molecule has 2 aromatic rings. The van der Waals surface area contributed by atoms with Crippen molar-refractivity contribution in [3.63, 3.8) is 0 Å². The molecule has 0 spiro atoms. The van der Waals surface area contributed by atoms with Gasteiger partial charge in [-0.3, -0.25) is 9.59 Å². The lowest BCUT2D eigenvalue weighted by molar-refractivity contribution is -0.274. The third-order valence-corrected chi connectivity index (χ3v) is 4.46. The second kappa shape index (κ2) is 6.51. The first-order valence-corrected chi connectivity index (χ1v) is 8.30. The van der Waals surface area contributed by atoms with Crippen LogP contribution in [0.2, 0.25) is 0 Å². The fourth-order valence-electron chi connectivity index (χ4n) is 2.11. The third kappa shape index (κ3) is 4.59. The number of hydrogen-bond acceptors (Lipinski definition) is 5. The highest BCUT2D eigenvalue weighted by atomic mass is 32.1. The van der Waals surface area contributed by atoms with Crippen molar-refractivity contribution in [1.82, 2.24) is 10.3 Å². The van der Waals surface area contributed by atoms with E-state index in [1.54, 1.807) is 6.92 Å². The SMILES string of the molecule is CC(NC(=O)C1CC1)C(=O)Nc1nc2ccc(OC(F)(F)F)cc2s1. The quantitative estimate of drug-likeness (QED) is 0.844. The van der Waals surface area contributed by atoms with Crippen molar-refractivity contribution in [2.45, 2.75) is 32.2 Å². The highest BCUT2D eigenvalue weighted by Crippen LogP contribution is 2.32. The zero-order valence-electron chi connectivity index (χ0n) is 13.0.